The Morgan fingerprint density at radius 1 is 1.19 bits per heavy atom. The highest BCUT2D eigenvalue weighted by Gasteiger charge is 2.19. The summed E-state index contributed by atoms with van der Waals surface area (Å²) in [6, 6.07) is 12.6. The van der Waals surface area contributed by atoms with Crippen LogP contribution < -0.4 is 5.32 Å². The molecule has 0 radical (unpaired) electrons. The number of halogens is 2. The maximum Gasteiger partial charge on any atom is 0.0931 e. The lowest BCUT2D eigenvalue weighted by Crippen LogP contribution is -2.39. The molecule has 1 N–H and O–H groups in total. The van der Waals surface area contributed by atoms with Gasteiger partial charge in [0, 0.05) is 27.4 Å². The van der Waals surface area contributed by atoms with Gasteiger partial charge in [0.15, 0.2) is 0 Å². The van der Waals surface area contributed by atoms with E-state index in [2.05, 4.69) is 72.3 Å². The first kappa shape index (κ1) is 17.0. The van der Waals surface area contributed by atoms with Crippen LogP contribution in [-0.2, 0) is 6.42 Å². The lowest BCUT2D eigenvalue weighted by Gasteiger charge is -2.26. The average Bonchev–Trinajstić information content (AvgIpc) is 2.80. The first-order valence-corrected chi connectivity index (χ1v) is 9.07. The molecule has 1 aromatic heterocycles. The molecule has 2 aromatic rings. The van der Waals surface area contributed by atoms with Crippen molar-refractivity contribution in [2.24, 2.45) is 0 Å². The molecule has 21 heavy (non-hydrogen) atoms. The summed E-state index contributed by atoms with van der Waals surface area (Å²) < 4.78 is 2.04. The third kappa shape index (κ3) is 5.41. The second-order valence-electron chi connectivity index (χ2n) is 6.26. The highest BCUT2D eigenvalue weighted by molar-refractivity contribution is 9.10. The van der Waals surface area contributed by atoms with Crippen LogP contribution in [0.3, 0.4) is 0 Å². The molecule has 0 fully saturated rings. The fraction of sp³-hybridized carbons (Fsp3) is 0.412. The van der Waals surface area contributed by atoms with E-state index in [-0.39, 0.29) is 5.54 Å². The topological polar surface area (TPSA) is 12.0 Å². The predicted molar refractivity (Wildman–Crippen MR) is 97.7 cm³/mol. The van der Waals surface area contributed by atoms with Gasteiger partial charge in [0.05, 0.1) is 4.34 Å². The van der Waals surface area contributed by atoms with E-state index in [0.717, 1.165) is 17.3 Å². The molecule has 0 bridgehead atoms. The molecule has 0 spiro atoms. The van der Waals surface area contributed by atoms with E-state index in [0.29, 0.717) is 5.92 Å². The Morgan fingerprint density at radius 2 is 1.90 bits per heavy atom. The van der Waals surface area contributed by atoms with Gasteiger partial charge in [0.25, 0.3) is 0 Å². The minimum absolute atomic E-state index is 0.118. The molecule has 1 nitrogen and oxygen atoms in total. The third-order valence-corrected chi connectivity index (χ3v) is 5.28. The van der Waals surface area contributed by atoms with Crippen LogP contribution in [0.25, 0.3) is 0 Å². The molecule has 0 aliphatic heterocycles. The summed E-state index contributed by atoms with van der Waals surface area (Å²) in [5, 5.41) is 3.63. The van der Waals surface area contributed by atoms with Crippen molar-refractivity contribution in [1.29, 1.82) is 0 Å². The van der Waals surface area contributed by atoms with E-state index in [1.54, 1.807) is 11.3 Å². The van der Waals surface area contributed by atoms with Gasteiger partial charge in [0.2, 0.25) is 0 Å². The molecule has 114 valence electrons. The molecule has 4 heteroatoms. The number of rotatable bonds is 5. The van der Waals surface area contributed by atoms with Crippen molar-refractivity contribution in [3.05, 3.63) is 55.6 Å². The quantitative estimate of drug-likeness (QED) is 0.676. The lowest BCUT2D eigenvalue weighted by molar-refractivity contribution is 0.405. The van der Waals surface area contributed by atoms with E-state index in [9.17, 15) is 0 Å². The van der Waals surface area contributed by atoms with Crippen molar-refractivity contribution in [2.75, 3.05) is 6.54 Å². The van der Waals surface area contributed by atoms with Crippen LogP contribution in [0.1, 0.15) is 37.1 Å². The highest BCUT2D eigenvalue weighted by Crippen LogP contribution is 2.31. The number of hydrogen-bond donors (Lipinski definition) is 1. The minimum atomic E-state index is 0.118. The van der Waals surface area contributed by atoms with Crippen LogP contribution in [0.4, 0.5) is 0 Å². The fourth-order valence-electron chi connectivity index (χ4n) is 2.23. The van der Waals surface area contributed by atoms with Crippen molar-refractivity contribution in [2.45, 2.75) is 38.6 Å². The van der Waals surface area contributed by atoms with Crippen LogP contribution in [0, 0.1) is 0 Å². The van der Waals surface area contributed by atoms with Crippen LogP contribution in [0.5, 0.6) is 0 Å². The van der Waals surface area contributed by atoms with Gasteiger partial charge in [-0.25, -0.2) is 0 Å². The Bertz CT molecular complexity index is 588. The number of nitrogens with one attached hydrogen (secondary N) is 1. The molecular formula is C17H21BrClNS. The van der Waals surface area contributed by atoms with Crippen molar-refractivity contribution in [3.63, 3.8) is 0 Å². The summed E-state index contributed by atoms with van der Waals surface area (Å²) in [5.41, 5.74) is 1.46. The van der Waals surface area contributed by atoms with Gasteiger partial charge >= 0.3 is 0 Å². The molecule has 0 saturated heterocycles. The Labute approximate surface area is 144 Å². The van der Waals surface area contributed by atoms with Gasteiger partial charge in [-0.15, -0.1) is 11.3 Å². The summed E-state index contributed by atoms with van der Waals surface area (Å²) in [6.07, 6.45) is 1.00. The fourth-order valence-corrected chi connectivity index (χ4v) is 4.01. The highest BCUT2D eigenvalue weighted by atomic mass is 79.9. The van der Waals surface area contributed by atoms with Gasteiger partial charge in [0.1, 0.15) is 0 Å². The summed E-state index contributed by atoms with van der Waals surface area (Å²) >= 11 is 11.4. The van der Waals surface area contributed by atoms with Crippen LogP contribution in [-0.4, -0.2) is 12.1 Å². The second-order valence-corrected chi connectivity index (χ2v) is 8.91. The van der Waals surface area contributed by atoms with E-state index in [1.165, 1.54) is 14.9 Å². The van der Waals surface area contributed by atoms with Crippen LogP contribution >= 0.6 is 38.9 Å². The molecule has 1 aromatic carbocycles. The van der Waals surface area contributed by atoms with E-state index in [1.807, 2.05) is 6.07 Å². The van der Waals surface area contributed by atoms with Crippen molar-refractivity contribution in [1.82, 2.24) is 5.32 Å². The van der Waals surface area contributed by atoms with Crippen LogP contribution in [0.2, 0.25) is 4.34 Å². The molecule has 2 rings (SSSR count). The summed E-state index contributed by atoms with van der Waals surface area (Å²) in [6.45, 7) is 7.55. The van der Waals surface area contributed by atoms with Crippen molar-refractivity contribution < 1.29 is 0 Å². The first-order valence-electron chi connectivity index (χ1n) is 7.09. The van der Waals surface area contributed by atoms with Gasteiger partial charge in [-0.3, -0.25) is 0 Å². The maximum absolute atomic E-state index is 6.06. The van der Waals surface area contributed by atoms with Crippen molar-refractivity contribution in [3.8, 4) is 0 Å². The molecule has 0 saturated carbocycles. The standard InChI is InChI=1S/C17H21BrClNS/c1-17(2,3)20-11-12(10-13-8-9-16(19)21-13)14-6-4-5-7-15(14)18/h4-9,12,20H,10-11H2,1-3H3. The average molecular weight is 387 g/mol. The van der Waals surface area contributed by atoms with Gasteiger partial charge in [-0.2, -0.15) is 0 Å². The van der Waals surface area contributed by atoms with Gasteiger partial charge < -0.3 is 5.32 Å². The lowest BCUT2D eigenvalue weighted by atomic mass is 9.94. The van der Waals surface area contributed by atoms with E-state index >= 15 is 0 Å². The Balaban J connectivity index is 2.19. The van der Waals surface area contributed by atoms with Gasteiger partial charge in [-0.05, 0) is 51.0 Å². The second kappa shape index (κ2) is 7.28. The maximum atomic E-state index is 6.06. The first-order chi connectivity index (χ1) is 9.85. The SMILES string of the molecule is CC(C)(C)NCC(Cc1ccc(Cl)s1)c1ccccc1Br. The smallest absolute Gasteiger partial charge is 0.0931 e. The monoisotopic (exact) mass is 385 g/mol. The van der Waals surface area contributed by atoms with E-state index in [4.69, 9.17) is 11.6 Å². The Kier molecular flexibility index (Phi) is 5.89. The molecular weight excluding hydrogens is 366 g/mol. The minimum Gasteiger partial charge on any atom is -0.311 e. The normalized spacial score (nSPS) is 13.4. The summed E-state index contributed by atoms with van der Waals surface area (Å²) in [4.78, 5) is 1.33. The number of hydrogen-bond acceptors (Lipinski definition) is 2. The molecule has 1 atom stereocenters. The predicted octanol–water partition coefficient (Wildman–Crippen LogP) is 5.88. The summed E-state index contributed by atoms with van der Waals surface area (Å²) in [5.74, 6) is 0.425. The Hall–Kier alpha value is -0.350. The molecule has 0 aliphatic carbocycles. The molecule has 0 aliphatic rings. The third-order valence-electron chi connectivity index (χ3n) is 3.30. The number of benzene rings is 1. The summed E-state index contributed by atoms with van der Waals surface area (Å²) in [7, 11) is 0. The molecule has 0 amide bonds. The van der Waals surface area contributed by atoms with Crippen LogP contribution in [0.15, 0.2) is 40.9 Å². The molecule has 1 unspecified atom stereocenters. The van der Waals surface area contributed by atoms with Crippen molar-refractivity contribution >= 4 is 38.9 Å². The zero-order chi connectivity index (χ0) is 15.5. The van der Waals surface area contributed by atoms with Gasteiger partial charge in [-0.1, -0.05) is 45.7 Å². The zero-order valence-electron chi connectivity index (χ0n) is 12.6. The molecule has 1 heterocycles. The Morgan fingerprint density at radius 3 is 2.48 bits per heavy atom. The number of thiophene rings is 1. The van der Waals surface area contributed by atoms with E-state index < -0.39 is 0 Å². The zero-order valence-corrected chi connectivity index (χ0v) is 15.8. The largest absolute Gasteiger partial charge is 0.311 e.